The molecule has 4 heteroatoms. The lowest BCUT2D eigenvalue weighted by atomic mass is 10.1. The third-order valence-electron chi connectivity index (χ3n) is 3.26. The summed E-state index contributed by atoms with van der Waals surface area (Å²) in [6.07, 6.45) is 3.93. The molecule has 1 saturated carbocycles. The number of carboxylic acid groups (broad SMARTS) is 1. The van der Waals surface area contributed by atoms with Gasteiger partial charge in [0.25, 0.3) is 0 Å². The number of aryl methyl sites for hydroxylation is 1. The van der Waals surface area contributed by atoms with Gasteiger partial charge in [0.05, 0.1) is 0 Å². The Morgan fingerprint density at radius 3 is 2.88 bits per heavy atom. The molecule has 2 N–H and O–H groups in total. The van der Waals surface area contributed by atoms with Gasteiger partial charge in [-0.05, 0) is 32.3 Å². The number of hydrogen-bond acceptors (Lipinski definition) is 3. The standard InChI is InChI=1S/C13H19NO3/c1-8(5-10-3-4-10)14-7-11-6-12(13(15)16)17-9(11)2/h6,8,10,14H,3-5,7H2,1-2H3,(H,15,16). The summed E-state index contributed by atoms with van der Waals surface area (Å²) < 4.78 is 5.16. The van der Waals surface area contributed by atoms with Crippen LogP contribution in [0.3, 0.4) is 0 Å². The summed E-state index contributed by atoms with van der Waals surface area (Å²) >= 11 is 0. The lowest BCUT2D eigenvalue weighted by molar-refractivity contribution is 0.0661. The topological polar surface area (TPSA) is 62.5 Å². The van der Waals surface area contributed by atoms with Crippen LogP contribution in [0.15, 0.2) is 10.5 Å². The van der Waals surface area contributed by atoms with Gasteiger partial charge in [-0.1, -0.05) is 12.8 Å². The van der Waals surface area contributed by atoms with Gasteiger partial charge in [0.15, 0.2) is 0 Å². The van der Waals surface area contributed by atoms with E-state index >= 15 is 0 Å². The van der Waals surface area contributed by atoms with Crippen LogP contribution in [0.4, 0.5) is 0 Å². The molecule has 0 aliphatic heterocycles. The van der Waals surface area contributed by atoms with Crippen molar-refractivity contribution in [3.05, 3.63) is 23.2 Å². The molecule has 17 heavy (non-hydrogen) atoms. The van der Waals surface area contributed by atoms with Crippen LogP contribution in [-0.2, 0) is 6.54 Å². The van der Waals surface area contributed by atoms with Gasteiger partial charge in [-0.15, -0.1) is 0 Å². The van der Waals surface area contributed by atoms with E-state index in [1.165, 1.54) is 19.3 Å². The van der Waals surface area contributed by atoms with Crippen molar-refractivity contribution in [2.24, 2.45) is 5.92 Å². The first-order chi connectivity index (χ1) is 8.06. The largest absolute Gasteiger partial charge is 0.475 e. The number of hydrogen-bond donors (Lipinski definition) is 2. The predicted molar refractivity (Wildman–Crippen MR) is 64.0 cm³/mol. The van der Waals surface area contributed by atoms with Crippen LogP contribution in [0.5, 0.6) is 0 Å². The smallest absolute Gasteiger partial charge is 0.371 e. The van der Waals surface area contributed by atoms with E-state index in [1.54, 1.807) is 13.0 Å². The fraction of sp³-hybridized carbons (Fsp3) is 0.615. The van der Waals surface area contributed by atoms with E-state index in [0.29, 0.717) is 18.3 Å². The Morgan fingerprint density at radius 1 is 1.65 bits per heavy atom. The third-order valence-corrected chi connectivity index (χ3v) is 3.26. The Morgan fingerprint density at radius 2 is 2.35 bits per heavy atom. The Balaban J connectivity index is 1.86. The quantitative estimate of drug-likeness (QED) is 0.798. The first kappa shape index (κ1) is 12.2. The fourth-order valence-corrected chi connectivity index (χ4v) is 2.02. The van der Waals surface area contributed by atoms with Crippen LogP contribution in [0.1, 0.15) is 48.1 Å². The molecule has 1 aliphatic carbocycles. The molecule has 1 heterocycles. The minimum Gasteiger partial charge on any atom is -0.475 e. The molecule has 0 aromatic carbocycles. The lowest BCUT2D eigenvalue weighted by Crippen LogP contribution is -2.25. The number of carbonyl (C=O) groups is 1. The van der Waals surface area contributed by atoms with E-state index < -0.39 is 5.97 Å². The van der Waals surface area contributed by atoms with Crippen molar-refractivity contribution < 1.29 is 14.3 Å². The van der Waals surface area contributed by atoms with Crippen molar-refractivity contribution >= 4 is 5.97 Å². The molecule has 1 atom stereocenters. The predicted octanol–water partition coefficient (Wildman–Crippen LogP) is 2.56. The molecule has 1 aromatic heterocycles. The number of furan rings is 1. The van der Waals surface area contributed by atoms with Crippen molar-refractivity contribution in [3.63, 3.8) is 0 Å². The van der Waals surface area contributed by atoms with Crippen LogP contribution in [0, 0.1) is 12.8 Å². The van der Waals surface area contributed by atoms with Crippen molar-refractivity contribution in [1.82, 2.24) is 5.32 Å². The van der Waals surface area contributed by atoms with Gasteiger partial charge in [-0.2, -0.15) is 0 Å². The molecule has 0 radical (unpaired) electrons. The van der Waals surface area contributed by atoms with Crippen molar-refractivity contribution in [1.29, 1.82) is 0 Å². The molecular weight excluding hydrogens is 218 g/mol. The lowest BCUT2D eigenvalue weighted by Gasteiger charge is -2.12. The molecule has 4 nitrogen and oxygen atoms in total. The highest BCUT2D eigenvalue weighted by Crippen LogP contribution is 2.33. The second-order valence-electron chi connectivity index (χ2n) is 4.96. The first-order valence-corrected chi connectivity index (χ1v) is 6.12. The Bertz CT molecular complexity index is 407. The number of rotatable bonds is 6. The molecule has 1 aliphatic rings. The number of nitrogens with one attached hydrogen (secondary N) is 1. The monoisotopic (exact) mass is 237 g/mol. The number of aromatic carboxylic acids is 1. The van der Waals surface area contributed by atoms with Crippen LogP contribution in [-0.4, -0.2) is 17.1 Å². The SMILES string of the molecule is Cc1oc(C(=O)O)cc1CNC(C)CC1CC1. The van der Waals surface area contributed by atoms with Gasteiger partial charge in [0.1, 0.15) is 5.76 Å². The Labute approximate surface area is 101 Å². The summed E-state index contributed by atoms with van der Waals surface area (Å²) in [6, 6.07) is 2.08. The van der Waals surface area contributed by atoms with E-state index in [-0.39, 0.29) is 5.76 Å². The molecule has 0 amide bonds. The zero-order chi connectivity index (χ0) is 12.4. The molecule has 1 unspecified atom stereocenters. The molecule has 94 valence electrons. The Hall–Kier alpha value is -1.29. The second kappa shape index (κ2) is 4.92. The second-order valence-corrected chi connectivity index (χ2v) is 4.96. The molecule has 1 fully saturated rings. The molecule has 0 saturated heterocycles. The molecule has 0 spiro atoms. The van der Waals surface area contributed by atoms with E-state index in [1.807, 2.05) is 0 Å². The molecule has 0 bridgehead atoms. The summed E-state index contributed by atoms with van der Waals surface area (Å²) in [5.41, 5.74) is 0.935. The summed E-state index contributed by atoms with van der Waals surface area (Å²) in [6.45, 7) is 4.65. The maximum Gasteiger partial charge on any atom is 0.371 e. The van der Waals surface area contributed by atoms with Crippen molar-refractivity contribution in [2.75, 3.05) is 0 Å². The minimum absolute atomic E-state index is 0.0224. The van der Waals surface area contributed by atoms with Gasteiger partial charge in [-0.3, -0.25) is 0 Å². The highest BCUT2D eigenvalue weighted by molar-refractivity contribution is 5.84. The van der Waals surface area contributed by atoms with Gasteiger partial charge in [0.2, 0.25) is 5.76 Å². The van der Waals surface area contributed by atoms with Crippen molar-refractivity contribution in [3.8, 4) is 0 Å². The average molecular weight is 237 g/mol. The van der Waals surface area contributed by atoms with Gasteiger partial charge in [-0.25, -0.2) is 4.79 Å². The minimum atomic E-state index is -1.01. The summed E-state index contributed by atoms with van der Waals surface area (Å²) in [4.78, 5) is 10.7. The number of carboxylic acids is 1. The average Bonchev–Trinajstić information content (AvgIpc) is 2.98. The highest BCUT2D eigenvalue weighted by Gasteiger charge is 2.23. The highest BCUT2D eigenvalue weighted by atomic mass is 16.4. The zero-order valence-electron chi connectivity index (χ0n) is 10.3. The van der Waals surface area contributed by atoms with E-state index in [4.69, 9.17) is 9.52 Å². The van der Waals surface area contributed by atoms with E-state index in [0.717, 1.165) is 11.5 Å². The first-order valence-electron chi connectivity index (χ1n) is 6.12. The fourth-order valence-electron chi connectivity index (χ4n) is 2.02. The maximum atomic E-state index is 10.7. The van der Waals surface area contributed by atoms with Crippen LogP contribution < -0.4 is 5.32 Å². The summed E-state index contributed by atoms with van der Waals surface area (Å²) in [5.74, 6) is 0.602. The molecular formula is C13H19NO3. The van der Waals surface area contributed by atoms with Crippen LogP contribution >= 0.6 is 0 Å². The normalized spacial score (nSPS) is 17.1. The summed E-state index contributed by atoms with van der Waals surface area (Å²) in [7, 11) is 0. The van der Waals surface area contributed by atoms with Gasteiger partial charge in [0, 0.05) is 18.2 Å². The molecule has 2 rings (SSSR count). The zero-order valence-corrected chi connectivity index (χ0v) is 10.3. The molecule has 1 aromatic rings. The summed E-state index contributed by atoms with van der Waals surface area (Å²) in [5, 5.41) is 12.2. The van der Waals surface area contributed by atoms with Crippen LogP contribution in [0.25, 0.3) is 0 Å². The van der Waals surface area contributed by atoms with E-state index in [2.05, 4.69) is 12.2 Å². The van der Waals surface area contributed by atoms with Crippen molar-refractivity contribution in [2.45, 2.75) is 45.7 Å². The van der Waals surface area contributed by atoms with E-state index in [9.17, 15) is 4.79 Å². The maximum absolute atomic E-state index is 10.7. The van der Waals surface area contributed by atoms with Gasteiger partial charge >= 0.3 is 5.97 Å². The Kier molecular flexibility index (Phi) is 3.52. The van der Waals surface area contributed by atoms with Gasteiger partial charge < -0.3 is 14.8 Å². The third kappa shape index (κ3) is 3.33. The van der Waals surface area contributed by atoms with Crippen LogP contribution in [0.2, 0.25) is 0 Å².